The average Bonchev–Trinajstić information content (AvgIpc) is 2.21. The van der Waals surface area contributed by atoms with Crippen molar-refractivity contribution in [3.8, 4) is 0 Å². The van der Waals surface area contributed by atoms with E-state index in [1.165, 1.54) is 0 Å². The van der Waals surface area contributed by atoms with Crippen molar-refractivity contribution in [2.45, 2.75) is 31.5 Å². The molecule has 1 N–H and O–H groups in total. The van der Waals surface area contributed by atoms with Gasteiger partial charge < -0.3 is 9.84 Å². The Hall–Kier alpha value is -0.570. The van der Waals surface area contributed by atoms with Crippen molar-refractivity contribution in [2.24, 2.45) is 5.92 Å². The van der Waals surface area contributed by atoms with Gasteiger partial charge in [-0.2, -0.15) is 0 Å². The lowest BCUT2D eigenvalue weighted by Gasteiger charge is -2.03. The third kappa shape index (κ3) is 0.814. The van der Waals surface area contributed by atoms with Crippen molar-refractivity contribution in [2.75, 3.05) is 0 Å². The molecular weight excluding hydrogens is 132 g/mol. The summed E-state index contributed by atoms with van der Waals surface area (Å²) in [5.41, 5.74) is 0. The van der Waals surface area contributed by atoms with E-state index in [0.29, 0.717) is 18.8 Å². The molecule has 0 amide bonds. The van der Waals surface area contributed by atoms with Gasteiger partial charge in [-0.3, -0.25) is 4.79 Å². The normalized spacial score (nSPS) is 45.3. The van der Waals surface area contributed by atoms with Crippen LogP contribution in [0, 0.1) is 5.92 Å². The number of aliphatic hydroxyl groups excluding tert-OH is 1. The Morgan fingerprint density at radius 3 is 3.00 bits per heavy atom. The minimum absolute atomic E-state index is 0.0301. The number of ether oxygens (including phenoxy) is 1. The molecule has 0 bridgehead atoms. The van der Waals surface area contributed by atoms with E-state index in [0.717, 1.165) is 6.42 Å². The first-order chi connectivity index (χ1) is 4.75. The van der Waals surface area contributed by atoms with Gasteiger partial charge in [0.1, 0.15) is 6.10 Å². The first-order valence-corrected chi connectivity index (χ1v) is 3.63. The molecule has 0 aromatic rings. The van der Waals surface area contributed by atoms with E-state index < -0.39 is 0 Å². The van der Waals surface area contributed by atoms with Crippen LogP contribution >= 0.6 is 0 Å². The van der Waals surface area contributed by atoms with Gasteiger partial charge in [-0.1, -0.05) is 0 Å². The van der Waals surface area contributed by atoms with Crippen LogP contribution in [0.2, 0.25) is 0 Å². The van der Waals surface area contributed by atoms with Crippen LogP contribution in [0.25, 0.3) is 0 Å². The smallest absolute Gasteiger partial charge is 0.306 e. The van der Waals surface area contributed by atoms with Gasteiger partial charge >= 0.3 is 5.97 Å². The molecule has 0 unspecified atom stereocenters. The first kappa shape index (κ1) is 6.16. The summed E-state index contributed by atoms with van der Waals surface area (Å²) in [6.07, 6.45) is 1.71. The van der Waals surface area contributed by atoms with Crippen molar-refractivity contribution in [1.82, 2.24) is 0 Å². The molecule has 3 atom stereocenters. The lowest BCUT2D eigenvalue weighted by molar-refractivity contribution is -0.141. The van der Waals surface area contributed by atoms with E-state index in [-0.39, 0.29) is 18.2 Å². The molecule has 1 saturated carbocycles. The summed E-state index contributed by atoms with van der Waals surface area (Å²) in [6, 6.07) is 0. The molecule has 1 aliphatic carbocycles. The molecule has 1 saturated heterocycles. The quantitative estimate of drug-likeness (QED) is 0.487. The number of carbonyl (C=O) groups is 1. The van der Waals surface area contributed by atoms with Crippen LogP contribution in [0.3, 0.4) is 0 Å². The minimum atomic E-state index is -0.233. The molecular formula is C7H10O3. The molecule has 3 nitrogen and oxygen atoms in total. The highest BCUT2D eigenvalue weighted by molar-refractivity contribution is 5.72. The van der Waals surface area contributed by atoms with Crippen LogP contribution in [0.15, 0.2) is 0 Å². The second kappa shape index (κ2) is 1.95. The zero-order valence-electron chi connectivity index (χ0n) is 5.62. The Balaban J connectivity index is 2.06. The molecule has 2 rings (SSSR count). The average molecular weight is 142 g/mol. The highest BCUT2D eigenvalue weighted by atomic mass is 16.6. The maximum Gasteiger partial charge on any atom is 0.306 e. The number of fused-ring (bicyclic) bond motifs is 1. The molecule has 2 fully saturated rings. The van der Waals surface area contributed by atoms with E-state index in [1.54, 1.807) is 0 Å². The molecule has 1 aliphatic heterocycles. The van der Waals surface area contributed by atoms with E-state index in [2.05, 4.69) is 0 Å². The van der Waals surface area contributed by atoms with E-state index >= 15 is 0 Å². The van der Waals surface area contributed by atoms with Crippen molar-refractivity contribution in [3.63, 3.8) is 0 Å². The van der Waals surface area contributed by atoms with Crippen LogP contribution in [0.4, 0.5) is 0 Å². The monoisotopic (exact) mass is 142 g/mol. The molecule has 3 heteroatoms. The topological polar surface area (TPSA) is 46.5 Å². The third-order valence-electron chi connectivity index (χ3n) is 2.32. The Morgan fingerprint density at radius 2 is 2.30 bits per heavy atom. The number of carbonyl (C=O) groups excluding carboxylic acids is 1. The van der Waals surface area contributed by atoms with Crippen LogP contribution in [-0.4, -0.2) is 23.3 Å². The van der Waals surface area contributed by atoms with Crippen molar-refractivity contribution in [1.29, 1.82) is 0 Å². The van der Waals surface area contributed by atoms with E-state index in [9.17, 15) is 4.79 Å². The molecule has 0 aromatic carbocycles. The van der Waals surface area contributed by atoms with Gasteiger partial charge in [-0.25, -0.2) is 0 Å². The second-order valence-electron chi connectivity index (χ2n) is 3.12. The van der Waals surface area contributed by atoms with Crippen molar-refractivity contribution in [3.05, 3.63) is 0 Å². The van der Waals surface area contributed by atoms with Crippen LogP contribution < -0.4 is 0 Å². The van der Waals surface area contributed by atoms with E-state index in [1.807, 2.05) is 0 Å². The fourth-order valence-electron chi connectivity index (χ4n) is 1.85. The summed E-state index contributed by atoms with van der Waals surface area (Å²) in [5, 5.41) is 9.13. The number of hydrogen-bond acceptors (Lipinski definition) is 3. The van der Waals surface area contributed by atoms with Gasteiger partial charge in [-0.15, -0.1) is 0 Å². The van der Waals surface area contributed by atoms with Gasteiger partial charge in [0.05, 0.1) is 12.5 Å². The number of hydrogen-bond donors (Lipinski definition) is 1. The Morgan fingerprint density at radius 1 is 1.50 bits per heavy atom. The van der Waals surface area contributed by atoms with Gasteiger partial charge in [0.25, 0.3) is 0 Å². The summed E-state index contributed by atoms with van der Waals surface area (Å²) in [7, 11) is 0. The second-order valence-corrected chi connectivity index (χ2v) is 3.12. The molecule has 10 heavy (non-hydrogen) atoms. The Kier molecular flexibility index (Phi) is 1.20. The van der Waals surface area contributed by atoms with Gasteiger partial charge in [-0.05, 0) is 6.42 Å². The Labute approximate surface area is 59.0 Å². The molecule has 2 aliphatic rings. The highest BCUT2D eigenvalue weighted by Crippen LogP contribution is 2.36. The fourth-order valence-corrected chi connectivity index (χ4v) is 1.85. The summed E-state index contributed by atoms with van der Waals surface area (Å²) in [4.78, 5) is 10.7. The van der Waals surface area contributed by atoms with Crippen LogP contribution in [-0.2, 0) is 9.53 Å². The van der Waals surface area contributed by atoms with Crippen LogP contribution in [0.1, 0.15) is 19.3 Å². The summed E-state index contributed by atoms with van der Waals surface area (Å²) in [5.74, 6) is 0.212. The number of aliphatic hydroxyl groups is 1. The van der Waals surface area contributed by atoms with Gasteiger partial charge in [0, 0.05) is 12.3 Å². The zero-order valence-corrected chi connectivity index (χ0v) is 5.62. The molecule has 0 spiro atoms. The van der Waals surface area contributed by atoms with Crippen molar-refractivity contribution < 1.29 is 14.6 Å². The maximum absolute atomic E-state index is 10.7. The van der Waals surface area contributed by atoms with Gasteiger partial charge in [0.15, 0.2) is 0 Å². The first-order valence-electron chi connectivity index (χ1n) is 3.63. The van der Waals surface area contributed by atoms with Crippen molar-refractivity contribution >= 4 is 5.97 Å². The third-order valence-corrected chi connectivity index (χ3v) is 2.32. The molecule has 1 heterocycles. The largest absolute Gasteiger partial charge is 0.462 e. The Bertz CT molecular complexity index is 150. The number of esters is 1. The lowest BCUT2D eigenvalue weighted by atomic mass is 10.1. The maximum atomic E-state index is 10.7. The predicted octanol–water partition coefficient (Wildman–Crippen LogP) is 0.0728. The number of rotatable bonds is 0. The van der Waals surface area contributed by atoms with E-state index in [4.69, 9.17) is 9.84 Å². The molecule has 56 valence electrons. The zero-order chi connectivity index (χ0) is 7.14. The summed E-state index contributed by atoms with van der Waals surface area (Å²) >= 11 is 0. The lowest BCUT2D eigenvalue weighted by Crippen LogP contribution is -2.09. The molecule has 0 aromatic heterocycles. The summed E-state index contributed by atoms with van der Waals surface area (Å²) in [6.45, 7) is 0. The fraction of sp³-hybridized carbons (Fsp3) is 0.857. The highest BCUT2D eigenvalue weighted by Gasteiger charge is 2.42. The van der Waals surface area contributed by atoms with Gasteiger partial charge in [0.2, 0.25) is 0 Å². The molecule has 0 radical (unpaired) electrons. The SMILES string of the molecule is O=C1C[C@@H]2C[C@@H](O)C[C@@H]2O1. The standard InChI is InChI=1S/C7H10O3/c8-5-1-4-2-7(9)10-6(4)3-5/h4-6,8H,1-3H2/t4-,5+,6-/m0/s1. The van der Waals surface area contributed by atoms with Crippen LogP contribution in [0.5, 0.6) is 0 Å². The predicted molar refractivity (Wildman–Crippen MR) is 33.2 cm³/mol. The summed E-state index contributed by atoms with van der Waals surface area (Å²) < 4.78 is 4.96. The minimum Gasteiger partial charge on any atom is -0.462 e.